The molecule has 3 heteroatoms. The van der Waals surface area contributed by atoms with E-state index in [1.54, 1.807) is 0 Å². The average molecular weight is 586 g/mol. The largest absolute Gasteiger partial charge is 0.309 e. The normalized spacial score (nSPS) is 11.9. The lowest BCUT2D eigenvalue weighted by Gasteiger charge is -2.14. The Balaban J connectivity index is 1.36. The Labute approximate surface area is 265 Å². The molecule has 0 fully saturated rings. The molecule has 0 aliphatic carbocycles. The number of para-hydroxylation sites is 3. The molecule has 0 saturated heterocycles. The van der Waals surface area contributed by atoms with Gasteiger partial charge >= 0.3 is 0 Å². The number of hydrogen-bond acceptors (Lipinski definition) is 1. The Morgan fingerprint density at radius 2 is 0.957 bits per heavy atom. The van der Waals surface area contributed by atoms with Gasteiger partial charge in [0.2, 0.25) is 0 Å². The fourth-order valence-electron chi connectivity index (χ4n) is 7.39. The van der Waals surface area contributed by atoms with Crippen LogP contribution in [-0.2, 0) is 0 Å². The molecule has 10 rings (SSSR count). The van der Waals surface area contributed by atoms with Crippen LogP contribution in [0.1, 0.15) is 0 Å². The number of aromatic nitrogens is 3. The molecule has 4 aromatic heterocycles. The minimum absolute atomic E-state index is 0.907. The van der Waals surface area contributed by atoms with Crippen molar-refractivity contribution in [2.75, 3.05) is 0 Å². The number of fused-ring (bicyclic) bond motifs is 11. The number of nitrogens with zero attached hydrogens (tertiary/aromatic N) is 3. The monoisotopic (exact) mass is 585 g/mol. The van der Waals surface area contributed by atoms with Gasteiger partial charge in [0.05, 0.1) is 33.3 Å². The summed E-state index contributed by atoms with van der Waals surface area (Å²) in [6, 6.07) is 58.9. The number of rotatable bonds is 3. The Morgan fingerprint density at radius 3 is 1.74 bits per heavy atom. The zero-order valence-corrected chi connectivity index (χ0v) is 24.9. The van der Waals surface area contributed by atoms with Crippen LogP contribution < -0.4 is 0 Å². The Hall–Kier alpha value is -6.19. The van der Waals surface area contributed by atoms with Crippen molar-refractivity contribution in [3.8, 4) is 28.2 Å². The summed E-state index contributed by atoms with van der Waals surface area (Å²) in [6.45, 7) is 0. The maximum absolute atomic E-state index is 5.35. The second kappa shape index (κ2) is 9.65. The molecule has 3 nitrogen and oxygen atoms in total. The van der Waals surface area contributed by atoms with Crippen molar-refractivity contribution in [3.63, 3.8) is 0 Å². The van der Waals surface area contributed by atoms with Crippen LogP contribution in [0.4, 0.5) is 0 Å². The van der Waals surface area contributed by atoms with Crippen molar-refractivity contribution in [2.45, 2.75) is 0 Å². The zero-order chi connectivity index (χ0) is 30.2. The fraction of sp³-hybridized carbons (Fsp3) is 0. The van der Waals surface area contributed by atoms with Crippen molar-refractivity contribution in [1.82, 2.24) is 14.0 Å². The summed E-state index contributed by atoms with van der Waals surface area (Å²) >= 11 is 0. The molecule has 46 heavy (non-hydrogen) atoms. The van der Waals surface area contributed by atoms with Crippen molar-refractivity contribution in [1.29, 1.82) is 0 Å². The Morgan fingerprint density at radius 1 is 0.348 bits per heavy atom. The number of pyridine rings is 2. The standard InChI is InChI=1S/C43H27N3/c1-3-13-28(14-4-1)31-23-37(29-15-5-2-6-16-29)44-43(25-31)46-40-22-12-9-19-33(40)35-26-36-34(27-42(35)46)32-18-8-11-21-39(32)45-38-20-10-7-17-30(38)24-41(36)45/h1-27H. The number of benzene rings is 6. The van der Waals surface area contributed by atoms with E-state index in [1.807, 2.05) is 0 Å². The lowest BCUT2D eigenvalue weighted by molar-refractivity contribution is 1.09. The van der Waals surface area contributed by atoms with Crippen LogP contribution in [0.2, 0.25) is 0 Å². The summed E-state index contributed by atoms with van der Waals surface area (Å²) in [4.78, 5) is 5.35. The van der Waals surface area contributed by atoms with E-state index in [0.717, 1.165) is 33.7 Å². The lowest BCUT2D eigenvalue weighted by atomic mass is 10.0. The highest BCUT2D eigenvalue weighted by Crippen LogP contribution is 2.40. The van der Waals surface area contributed by atoms with Gasteiger partial charge in [0.15, 0.2) is 0 Å². The van der Waals surface area contributed by atoms with Gasteiger partial charge < -0.3 is 4.40 Å². The maximum Gasteiger partial charge on any atom is 0.138 e. The van der Waals surface area contributed by atoms with Gasteiger partial charge in [0, 0.05) is 32.5 Å². The molecule has 10 aromatic rings. The van der Waals surface area contributed by atoms with Crippen LogP contribution in [0.5, 0.6) is 0 Å². The van der Waals surface area contributed by atoms with Crippen molar-refractivity contribution < 1.29 is 0 Å². The topological polar surface area (TPSA) is 22.2 Å². The van der Waals surface area contributed by atoms with Crippen molar-refractivity contribution >= 4 is 59.9 Å². The second-order valence-electron chi connectivity index (χ2n) is 12.0. The predicted molar refractivity (Wildman–Crippen MR) is 193 cm³/mol. The molecule has 0 atom stereocenters. The van der Waals surface area contributed by atoms with Crippen LogP contribution in [-0.4, -0.2) is 14.0 Å². The van der Waals surface area contributed by atoms with Crippen LogP contribution in [0.3, 0.4) is 0 Å². The van der Waals surface area contributed by atoms with Gasteiger partial charge in [-0.3, -0.25) is 4.57 Å². The summed E-state index contributed by atoms with van der Waals surface area (Å²) in [5.74, 6) is 0.907. The average Bonchev–Trinajstić information content (AvgIpc) is 3.68. The molecule has 6 aromatic carbocycles. The van der Waals surface area contributed by atoms with Crippen LogP contribution >= 0.6 is 0 Å². The molecule has 0 unspecified atom stereocenters. The summed E-state index contributed by atoms with van der Waals surface area (Å²) < 4.78 is 4.78. The highest BCUT2D eigenvalue weighted by molar-refractivity contribution is 6.22. The summed E-state index contributed by atoms with van der Waals surface area (Å²) in [5.41, 5.74) is 10.3. The Bertz CT molecular complexity index is 2730. The smallest absolute Gasteiger partial charge is 0.138 e. The lowest BCUT2D eigenvalue weighted by Crippen LogP contribution is -2.00. The molecule has 0 aliphatic rings. The van der Waals surface area contributed by atoms with Gasteiger partial charge in [-0.25, -0.2) is 4.98 Å². The number of hydrogen-bond donors (Lipinski definition) is 0. The summed E-state index contributed by atoms with van der Waals surface area (Å²) in [7, 11) is 0. The quantitative estimate of drug-likeness (QED) is 0.189. The highest BCUT2D eigenvalue weighted by atomic mass is 15.1. The van der Waals surface area contributed by atoms with E-state index in [1.165, 1.54) is 54.4 Å². The first-order valence-electron chi connectivity index (χ1n) is 15.7. The van der Waals surface area contributed by atoms with Gasteiger partial charge in [0.1, 0.15) is 5.82 Å². The molecule has 0 amide bonds. The SMILES string of the molecule is c1ccc(-c2cc(-c3ccccc3)nc(-n3c4ccccc4c4cc5c(cc43)c3ccccc3n3c4ccccc4cc53)c2)cc1. The fourth-order valence-corrected chi connectivity index (χ4v) is 7.39. The maximum atomic E-state index is 5.35. The summed E-state index contributed by atoms with van der Waals surface area (Å²) in [5, 5.41) is 7.42. The van der Waals surface area contributed by atoms with E-state index < -0.39 is 0 Å². The van der Waals surface area contributed by atoms with Crippen molar-refractivity contribution in [2.24, 2.45) is 0 Å². The predicted octanol–water partition coefficient (Wildman–Crippen LogP) is 11.2. The van der Waals surface area contributed by atoms with Crippen LogP contribution in [0.25, 0.3) is 88.1 Å². The van der Waals surface area contributed by atoms with Crippen LogP contribution in [0, 0.1) is 0 Å². The molecule has 0 saturated carbocycles. The van der Waals surface area contributed by atoms with Crippen molar-refractivity contribution in [3.05, 3.63) is 164 Å². The molecule has 0 aliphatic heterocycles. The summed E-state index contributed by atoms with van der Waals surface area (Å²) in [6.07, 6.45) is 0. The van der Waals surface area contributed by atoms with Gasteiger partial charge in [-0.05, 0) is 65.0 Å². The molecule has 0 spiro atoms. The van der Waals surface area contributed by atoms with E-state index in [2.05, 4.69) is 173 Å². The molecule has 0 N–H and O–H groups in total. The van der Waals surface area contributed by atoms with Gasteiger partial charge in [-0.1, -0.05) is 115 Å². The Kier molecular flexibility index (Phi) is 5.28. The highest BCUT2D eigenvalue weighted by Gasteiger charge is 2.19. The van der Waals surface area contributed by atoms with E-state index in [-0.39, 0.29) is 0 Å². The molecular weight excluding hydrogens is 558 g/mol. The minimum atomic E-state index is 0.907. The first kappa shape index (κ1) is 25.2. The third-order valence-corrected chi connectivity index (χ3v) is 9.45. The third-order valence-electron chi connectivity index (χ3n) is 9.45. The van der Waals surface area contributed by atoms with E-state index in [4.69, 9.17) is 4.98 Å². The van der Waals surface area contributed by atoms with E-state index in [0.29, 0.717) is 0 Å². The second-order valence-corrected chi connectivity index (χ2v) is 12.0. The molecular formula is C43H27N3. The first-order valence-corrected chi connectivity index (χ1v) is 15.7. The minimum Gasteiger partial charge on any atom is -0.309 e. The first-order chi connectivity index (χ1) is 22.8. The molecule has 0 radical (unpaired) electrons. The zero-order valence-electron chi connectivity index (χ0n) is 24.9. The van der Waals surface area contributed by atoms with Gasteiger partial charge in [0.25, 0.3) is 0 Å². The molecule has 4 heterocycles. The van der Waals surface area contributed by atoms with Gasteiger partial charge in [-0.15, -0.1) is 0 Å². The van der Waals surface area contributed by atoms with E-state index >= 15 is 0 Å². The van der Waals surface area contributed by atoms with E-state index in [9.17, 15) is 0 Å². The molecule has 214 valence electrons. The van der Waals surface area contributed by atoms with Crippen LogP contribution in [0.15, 0.2) is 164 Å². The van der Waals surface area contributed by atoms with Gasteiger partial charge in [-0.2, -0.15) is 0 Å². The third kappa shape index (κ3) is 3.63. The molecule has 0 bridgehead atoms.